The molecule has 4 unspecified atom stereocenters. The van der Waals surface area contributed by atoms with E-state index in [2.05, 4.69) is 24.3 Å². The van der Waals surface area contributed by atoms with Crippen molar-refractivity contribution in [1.29, 1.82) is 0 Å². The first-order valence-electron chi connectivity index (χ1n) is 8.34. The molecule has 2 fully saturated rings. The third-order valence-electron chi connectivity index (χ3n) is 5.06. The number of hydrogen-bond acceptors (Lipinski definition) is 4. The molecule has 1 heterocycles. The van der Waals surface area contributed by atoms with Gasteiger partial charge in [0.2, 0.25) is 5.89 Å². The van der Waals surface area contributed by atoms with Gasteiger partial charge in [-0.15, -0.1) is 0 Å². The number of aromatic nitrogens is 2. The lowest BCUT2D eigenvalue weighted by molar-refractivity contribution is 0.309. The summed E-state index contributed by atoms with van der Waals surface area (Å²) in [4.78, 5) is 4.77. The van der Waals surface area contributed by atoms with Crippen LogP contribution in [0.15, 0.2) is 4.52 Å². The highest BCUT2D eigenvalue weighted by Crippen LogP contribution is 2.37. The number of hydrogen-bond donors (Lipinski definition) is 1. The van der Waals surface area contributed by atoms with Crippen molar-refractivity contribution in [3.63, 3.8) is 0 Å². The highest BCUT2D eigenvalue weighted by molar-refractivity contribution is 5.05. The topological polar surface area (TPSA) is 51.0 Å². The molecule has 1 aromatic rings. The average molecular weight is 277 g/mol. The molecule has 0 spiro atoms. The van der Waals surface area contributed by atoms with Gasteiger partial charge in [-0.2, -0.15) is 4.98 Å². The van der Waals surface area contributed by atoms with E-state index in [1.807, 2.05) is 0 Å². The molecule has 4 nitrogen and oxygen atoms in total. The maximum Gasteiger partial charge on any atom is 0.231 e. The van der Waals surface area contributed by atoms with Crippen molar-refractivity contribution < 1.29 is 4.52 Å². The minimum absolute atomic E-state index is 0.428. The minimum atomic E-state index is 0.428. The standard InChI is InChI=1S/C16H27N3O/c1-3-17-14-9-5-8-13(14)16-18-15(19-20-16)12-7-4-6-11(2)10-12/h11-14,17H,3-10H2,1-2H3. The molecule has 20 heavy (non-hydrogen) atoms. The predicted octanol–water partition coefficient (Wildman–Crippen LogP) is 3.61. The van der Waals surface area contributed by atoms with E-state index in [1.165, 1.54) is 44.9 Å². The quantitative estimate of drug-likeness (QED) is 0.913. The van der Waals surface area contributed by atoms with Crippen molar-refractivity contribution in [2.45, 2.75) is 76.7 Å². The molecule has 112 valence electrons. The van der Waals surface area contributed by atoms with Crippen molar-refractivity contribution in [3.05, 3.63) is 11.7 Å². The maximum absolute atomic E-state index is 5.61. The fourth-order valence-electron chi connectivity index (χ4n) is 3.99. The summed E-state index contributed by atoms with van der Waals surface area (Å²) in [6.45, 7) is 5.52. The highest BCUT2D eigenvalue weighted by Gasteiger charge is 2.33. The SMILES string of the molecule is CCNC1CCCC1c1nc(C2CCCC(C)C2)no1. The minimum Gasteiger partial charge on any atom is -0.339 e. The van der Waals surface area contributed by atoms with Crippen LogP contribution in [0.1, 0.15) is 82.3 Å². The van der Waals surface area contributed by atoms with Gasteiger partial charge in [-0.25, -0.2) is 0 Å². The summed E-state index contributed by atoms with van der Waals surface area (Å²) in [6.07, 6.45) is 8.79. The Morgan fingerprint density at radius 2 is 2.05 bits per heavy atom. The van der Waals surface area contributed by atoms with E-state index in [-0.39, 0.29) is 0 Å². The van der Waals surface area contributed by atoms with Crippen LogP contribution >= 0.6 is 0 Å². The second kappa shape index (κ2) is 6.25. The molecule has 0 amide bonds. The molecule has 0 radical (unpaired) electrons. The first kappa shape index (κ1) is 14.1. The molecule has 0 saturated heterocycles. The molecule has 4 heteroatoms. The Bertz CT molecular complexity index is 431. The average Bonchev–Trinajstić information content (AvgIpc) is 3.07. The number of nitrogens with one attached hydrogen (secondary N) is 1. The van der Waals surface area contributed by atoms with E-state index < -0.39 is 0 Å². The van der Waals surface area contributed by atoms with Gasteiger partial charge in [0.05, 0.1) is 5.92 Å². The predicted molar refractivity (Wildman–Crippen MR) is 78.7 cm³/mol. The van der Waals surface area contributed by atoms with Crippen molar-refractivity contribution >= 4 is 0 Å². The highest BCUT2D eigenvalue weighted by atomic mass is 16.5. The van der Waals surface area contributed by atoms with Gasteiger partial charge in [-0.3, -0.25) is 0 Å². The largest absolute Gasteiger partial charge is 0.339 e. The summed E-state index contributed by atoms with van der Waals surface area (Å²) in [5.41, 5.74) is 0. The van der Waals surface area contributed by atoms with Crippen LogP contribution in [0.4, 0.5) is 0 Å². The summed E-state index contributed by atoms with van der Waals surface area (Å²) < 4.78 is 5.61. The normalized spacial score (nSPS) is 34.5. The fourth-order valence-corrected chi connectivity index (χ4v) is 3.99. The Labute approximate surface area is 121 Å². The zero-order valence-corrected chi connectivity index (χ0v) is 12.8. The molecule has 4 atom stereocenters. The summed E-state index contributed by atoms with van der Waals surface area (Å²) in [5, 5.41) is 7.86. The molecule has 3 rings (SSSR count). The van der Waals surface area contributed by atoms with E-state index in [1.54, 1.807) is 0 Å². The van der Waals surface area contributed by atoms with Crippen LogP contribution < -0.4 is 5.32 Å². The van der Waals surface area contributed by atoms with E-state index in [0.717, 1.165) is 24.2 Å². The van der Waals surface area contributed by atoms with E-state index in [9.17, 15) is 0 Å². The zero-order chi connectivity index (χ0) is 13.9. The monoisotopic (exact) mass is 277 g/mol. The van der Waals surface area contributed by atoms with Crippen LogP contribution in [0, 0.1) is 5.92 Å². The fraction of sp³-hybridized carbons (Fsp3) is 0.875. The summed E-state index contributed by atoms with van der Waals surface area (Å²) >= 11 is 0. The summed E-state index contributed by atoms with van der Waals surface area (Å²) in [7, 11) is 0. The van der Waals surface area contributed by atoms with Gasteiger partial charge in [0.15, 0.2) is 5.82 Å². The van der Waals surface area contributed by atoms with Crippen molar-refractivity contribution in [3.8, 4) is 0 Å². The first-order valence-corrected chi connectivity index (χ1v) is 8.34. The Balaban J connectivity index is 1.69. The van der Waals surface area contributed by atoms with Crippen LogP contribution in [0.25, 0.3) is 0 Å². The third-order valence-corrected chi connectivity index (χ3v) is 5.06. The molecule has 1 N–H and O–H groups in total. The van der Waals surface area contributed by atoms with Crippen LogP contribution in [-0.4, -0.2) is 22.7 Å². The van der Waals surface area contributed by atoms with Gasteiger partial charge in [0, 0.05) is 12.0 Å². The lowest BCUT2D eigenvalue weighted by Gasteiger charge is -2.24. The molecule has 0 aliphatic heterocycles. The van der Waals surface area contributed by atoms with Crippen LogP contribution in [0.5, 0.6) is 0 Å². The van der Waals surface area contributed by atoms with E-state index >= 15 is 0 Å². The lowest BCUT2D eigenvalue weighted by Crippen LogP contribution is -2.31. The van der Waals surface area contributed by atoms with Crippen molar-refractivity contribution in [2.75, 3.05) is 6.54 Å². The first-order chi connectivity index (χ1) is 9.78. The Morgan fingerprint density at radius 1 is 1.20 bits per heavy atom. The molecule has 0 aromatic carbocycles. The van der Waals surface area contributed by atoms with E-state index in [0.29, 0.717) is 17.9 Å². The zero-order valence-electron chi connectivity index (χ0n) is 12.8. The smallest absolute Gasteiger partial charge is 0.231 e. The molecule has 2 saturated carbocycles. The van der Waals surface area contributed by atoms with Crippen molar-refractivity contribution in [1.82, 2.24) is 15.5 Å². The molecule has 1 aromatic heterocycles. The van der Waals surface area contributed by atoms with Crippen LogP contribution in [0.2, 0.25) is 0 Å². The third kappa shape index (κ3) is 2.90. The summed E-state index contributed by atoms with van der Waals surface area (Å²) in [5.74, 6) is 3.60. The Hall–Kier alpha value is -0.900. The number of rotatable bonds is 4. The van der Waals surface area contributed by atoms with Gasteiger partial charge in [0.1, 0.15) is 0 Å². The molecule has 0 bridgehead atoms. The molecular weight excluding hydrogens is 250 g/mol. The second-order valence-electron chi connectivity index (χ2n) is 6.66. The molecular formula is C16H27N3O. The van der Waals surface area contributed by atoms with Gasteiger partial charge < -0.3 is 9.84 Å². The Kier molecular flexibility index (Phi) is 4.39. The summed E-state index contributed by atoms with van der Waals surface area (Å²) in [6, 6.07) is 0.526. The Morgan fingerprint density at radius 3 is 2.85 bits per heavy atom. The lowest BCUT2D eigenvalue weighted by atomic mass is 9.82. The maximum atomic E-state index is 5.61. The number of nitrogens with zero attached hydrogens (tertiary/aromatic N) is 2. The molecule has 2 aliphatic rings. The van der Waals surface area contributed by atoms with Gasteiger partial charge in [0.25, 0.3) is 0 Å². The van der Waals surface area contributed by atoms with Crippen molar-refractivity contribution in [2.24, 2.45) is 5.92 Å². The second-order valence-corrected chi connectivity index (χ2v) is 6.66. The molecule has 2 aliphatic carbocycles. The van der Waals surface area contributed by atoms with Gasteiger partial charge >= 0.3 is 0 Å². The van der Waals surface area contributed by atoms with Gasteiger partial charge in [-0.1, -0.05) is 38.3 Å². The van der Waals surface area contributed by atoms with E-state index in [4.69, 9.17) is 9.51 Å². The number of likely N-dealkylation sites (N-methyl/N-ethyl adjacent to an activating group) is 1. The van der Waals surface area contributed by atoms with Gasteiger partial charge in [-0.05, 0) is 38.1 Å². The van der Waals surface area contributed by atoms with Crippen LogP contribution in [-0.2, 0) is 0 Å². The van der Waals surface area contributed by atoms with Crippen LogP contribution in [0.3, 0.4) is 0 Å².